The molecule has 0 bridgehead atoms. The van der Waals surface area contributed by atoms with Crippen molar-refractivity contribution in [2.75, 3.05) is 5.32 Å². The summed E-state index contributed by atoms with van der Waals surface area (Å²) in [6.45, 7) is 4.15. The molecule has 0 aliphatic rings. The Labute approximate surface area is 183 Å². The van der Waals surface area contributed by atoms with E-state index in [2.05, 4.69) is 5.32 Å². The van der Waals surface area contributed by atoms with Crippen molar-refractivity contribution in [2.45, 2.75) is 30.8 Å². The lowest BCUT2D eigenvalue weighted by atomic mass is 10.1. The van der Waals surface area contributed by atoms with E-state index >= 15 is 0 Å². The minimum Gasteiger partial charge on any atom is -0.324 e. The minimum atomic E-state index is -0.469. The third-order valence-electron chi connectivity index (χ3n) is 4.89. The molecule has 0 fully saturated rings. The average Bonchev–Trinajstić information content (AvgIpc) is 2.74. The number of para-hydroxylation sites is 1. The number of carbonyl (C=O) groups excluding carboxylic acids is 1. The van der Waals surface area contributed by atoms with Gasteiger partial charge in [-0.15, -0.1) is 0 Å². The molecule has 7 heteroatoms. The van der Waals surface area contributed by atoms with E-state index in [0.717, 1.165) is 10.8 Å². The van der Waals surface area contributed by atoms with E-state index in [1.807, 2.05) is 49.4 Å². The van der Waals surface area contributed by atoms with Gasteiger partial charge in [0, 0.05) is 6.54 Å². The second kappa shape index (κ2) is 8.50. The monoisotopic (exact) mass is 437 g/mol. The summed E-state index contributed by atoms with van der Waals surface area (Å²) in [6, 6.07) is 18.8. The molecule has 3 aromatic carbocycles. The highest BCUT2D eigenvalue weighted by atomic mass is 35.5. The van der Waals surface area contributed by atoms with E-state index in [-0.39, 0.29) is 11.5 Å². The molecule has 4 rings (SSSR count). The zero-order valence-electron chi connectivity index (χ0n) is 16.6. The molecule has 1 N–H and O–H groups in total. The van der Waals surface area contributed by atoms with Gasteiger partial charge in [-0.2, -0.15) is 0 Å². The number of benzene rings is 3. The van der Waals surface area contributed by atoms with Crippen molar-refractivity contribution in [3.8, 4) is 0 Å². The van der Waals surface area contributed by atoms with Crippen LogP contribution in [0.1, 0.15) is 13.8 Å². The first kappa shape index (κ1) is 20.4. The second-order valence-corrected chi connectivity index (χ2v) is 8.60. The summed E-state index contributed by atoms with van der Waals surface area (Å²) in [5.41, 5.74) is 1.08. The fourth-order valence-corrected chi connectivity index (χ4v) is 4.42. The molecular formula is C23H20ClN3O2S. The highest BCUT2D eigenvalue weighted by molar-refractivity contribution is 8.00. The summed E-state index contributed by atoms with van der Waals surface area (Å²) in [5, 5.41) is 5.96. The Kier molecular flexibility index (Phi) is 5.79. The van der Waals surface area contributed by atoms with Crippen molar-refractivity contribution < 1.29 is 4.79 Å². The molecule has 5 nitrogen and oxygen atoms in total. The summed E-state index contributed by atoms with van der Waals surface area (Å²) < 4.78 is 1.61. The van der Waals surface area contributed by atoms with Crippen molar-refractivity contribution >= 4 is 56.6 Å². The van der Waals surface area contributed by atoms with Crippen LogP contribution < -0.4 is 10.9 Å². The molecule has 1 aromatic heterocycles. The first-order valence-electron chi connectivity index (χ1n) is 9.63. The number of carbonyl (C=O) groups is 1. The molecule has 0 saturated carbocycles. The fraction of sp³-hybridized carbons (Fsp3) is 0.174. The van der Waals surface area contributed by atoms with E-state index < -0.39 is 5.25 Å². The van der Waals surface area contributed by atoms with Crippen molar-refractivity contribution in [2.24, 2.45) is 0 Å². The smallest absolute Gasteiger partial charge is 0.262 e. The Bertz CT molecular complexity index is 1320. The third kappa shape index (κ3) is 3.93. The summed E-state index contributed by atoms with van der Waals surface area (Å²) in [4.78, 5) is 30.5. The molecule has 0 aliphatic carbocycles. The molecule has 1 atom stereocenters. The van der Waals surface area contributed by atoms with Gasteiger partial charge in [0.1, 0.15) is 0 Å². The number of thioether (sulfide) groups is 1. The average molecular weight is 438 g/mol. The van der Waals surface area contributed by atoms with Gasteiger partial charge in [-0.05, 0) is 48.9 Å². The number of anilines is 1. The van der Waals surface area contributed by atoms with Crippen LogP contribution in [0.2, 0.25) is 5.02 Å². The highest BCUT2D eigenvalue weighted by Crippen LogP contribution is 2.27. The van der Waals surface area contributed by atoms with Crippen LogP contribution in [-0.2, 0) is 11.3 Å². The molecule has 0 spiro atoms. The lowest BCUT2D eigenvalue weighted by Gasteiger charge is -2.16. The van der Waals surface area contributed by atoms with Gasteiger partial charge in [-0.3, -0.25) is 14.2 Å². The third-order valence-corrected chi connectivity index (χ3v) is 6.31. The van der Waals surface area contributed by atoms with Gasteiger partial charge in [0.05, 0.1) is 26.9 Å². The number of hydrogen-bond donors (Lipinski definition) is 1. The Morgan fingerprint density at radius 3 is 2.50 bits per heavy atom. The summed E-state index contributed by atoms with van der Waals surface area (Å²) in [5.74, 6) is -0.205. The van der Waals surface area contributed by atoms with E-state index in [9.17, 15) is 9.59 Å². The van der Waals surface area contributed by atoms with Crippen LogP contribution in [0.5, 0.6) is 0 Å². The topological polar surface area (TPSA) is 64.0 Å². The molecule has 0 aliphatic heterocycles. The molecule has 1 unspecified atom stereocenters. The van der Waals surface area contributed by atoms with E-state index in [4.69, 9.17) is 16.6 Å². The van der Waals surface area contributed by atoms with Gasteiger partial charge in [0.2, 0.25) is 5.91 Å². The largest absolute Gasteiger partial charge is 0.324 e. The predicted molar refractivity (Wildman–Crippen MR) is 125 cm³/mol. The fourth-order valence-electron chi connectivity index (χ4n) is 3.27. The van der Waals surface area contributed by atoms with Crippen LogP contribution >= 0.6 is 23.4 Å². The summed E-state index contributed by atoms with van der Waals surface area (Å²) in [7, 11) is 0. The van der Waals surface area contributed by atoms with Gasteiger partial charge in [-0.25, -0.2) is 4.98 Å². The minimum absolute atomic E-state index is 0.102. The first-order valence-corrected chi connectivity index (χ1v) is 10.9. The van der Waals surface area contributed by atoms with Crippen molar-refractivity contribution in [1.82, 2.24) is 9.55 Å². The lowest BCUT2D eigenvalue weighted by Crippen LogP contribution is -2.26. The molecule has 4 aromatic rings. The Hall–Kier alpha value is -2.83. The molecule has 1 heterocycles. The summed E-state index contributed by atoms with van der Waals surface area (Å²) >= 11 is 7.39. The Morgan fingerprint density at radius 2 is 1.80 bits per heavy atom. The SMILES string of the molecule is CCn1c(SC(C)C(=O)Nc2ccccc2Cl)nc2cc3ccccc3cc2c1=O. The molecule has 0 saturated heterocycles. The Morgan fingerprint density at radius 1 is 1.13 bits per heavy atom. The number of rotatable bonds is 5. The van der Waals surface area contributed by atoms with E-state index in [1.165, 1.54) is 11.8 Å². The normalized spacial score (nSPS) is 12.2. The number of nitrogens with zero attached hydrogens (tertiary/aromatic N) is 2. The quantitative estimate of drug-likeness (QED) is 0.260. The Balaban J connectivity index is 1.69. The van der Waals surface area contributed by atoms with Crippen LogP contribution in [0.3, 0.4) is 0 Å². The van der Waals surface area contributed by atoms with Crippen LogP contribution in [0.4, 0.5) is 5.69 Å². The lowest BCUT2D eigenvalue weighted by molar-refractivity contribution is -0.115. The van der Waals surface area contributed by atoms with Gasteiger partial charge < -0.3 is 5.32 Å². The second-order valence-electron chi connectivity index (χ2n) is 6.89. The van der Waals surface area contributed by atoms with E-state index in [0.29, 0.717) is 33.3 Å². The predicted octanol–water partition coefficient (Wildman–Crippen LogP) is 5.34. The standard InChI is InChI=1S/C23H20ClN3O2S/c1-3-27-22(29)17-12-15-8-4-5-9-16(15)13-20(17)26-23(27)30-14(2)21(28)25-19-11-7-6-10-18(19)24/h4-14H,3H2,1-2H3,(H,25,28). The van der Waals surface area contributed by atoms with Crippen molar-refractivity contribution in [3.05, 3.63) is 76.0 Å². The van der Waals surface area contributed by atoms with Gasteiger partial charge in [0.15, 0.2) is 5.16 Å². The molecule has 152 valence electrons. The first-order chi connectivity index (χ1) is 14.5. The van der Waals surface area contributed by atoms with Crippen molar-refractivity contribution in [1.29, 1.82) is 0 Å². The number of hydrogen-bond acceptors (Lipinski definition) is 4. The van der Waals surface area contributed by atoms with Crippen LogP contribution in [0.15, 0.2) is 70.6 Å². The zero-order chi connectivity index (χ0) is 21.3. The maximum absolute atomic E-state index is 13.1. The summed E-state index contributed by atoms with van der Waals surface area (Å²) in [6.07, 6.45) is 0. The maximum Gasteiger partial charge on any atom is 0.262 e. The van der Waals surface area contributed by atoms with Gasteiger partial charge in [0.25, 0.3) is 5.56 Å². The maximum atomic E-state index is 13.1. The number of aromatic nitrogens is 2. The molecule has 30 heavy (non-hydrogen) atoms. The van der Waals surface area contributed by atoms with E-state index in [1.54, 1.807) is 29.7 Å². The molecular weight excluding hydrogens is 418 g/mol. The molecule has 0 radical (unpaired) electrons. The van der Waals surface area contributed by atoms with Gasteiger partial charge in [-0.1, -0.05) is 59.8 Å². The van der Waals surface area contributed by atoms with Gasteiger partial charge >= 0.3 is 0 Å². The van der Waals surface area contributed by atoms with Crippen LogP contribution in [0.25, 0.3) is 21.7 Å². The number of fused-ring (bicyclic) bond motifs is 2. The van der Waals surface area contributed by atoms with Crippen LogP contribution in [0, 0.1) is 0 Å². The number of nitrogens with one attached hydrogen (secondary N) is 1. The number of halogens is 1. The molecule has 1 amide bonds. The number of amides is 1. The zero-order valence-corrected chi connectivity index (χ0v) is 18.1. The van der Waals surface area contributed by atoms with Crippen molar-refractivity contribution in [3.63, 3.8) is 0 Å². The highest BCUT2D eigenvalue weighted by Gasteiger charge is 2.20. The van der Waals surface area contributed by atoms with Crippen LogP contribution in [-0.4, -0.2) is 20.7 Å².